The van der Waals surface area contributed by atoms with Crippen LogP contribution in [0.5, 0.6) is 0 Å². The van der Waals surface area contributed by atoms with Crippen molar-refractivity contribution in [3.63, 3.8) is 0 Å². The molecule has 1 aromatic carbocycles. The molecule has 0 atom stereocenters. The lowest BCUT2D eigenvalue weighted by Gasteiger charge is -2.09. The Morgan fingerprint density at radius 1 is 1.43 bits per heavy atom. The highest BCUT2D eigenvalue weighted by molar-refractivity contribution is 9.10. The summed E-state index contributed by atoms with van der Waals surface area (Å²) in [7, 11) is 0. The average Bonchev–Trinajstić information content (AvgIpc) is 2.01. The second-order valence-electron chi connectivity index (χ2n) is 3.04. The van der Waals surface area contributed by atoms with E-state index in [9.17, 15) is 13.6 Å². The van der Waals surface area contributed by atoms with Crippen LogP contribution in [0.2, 0.25) is 0 Å². The van der Waals surface area contributed by atoms with Crippen LogP contribution in [-0.2, 0) is 0 Å². The molecular formula is C10H9BrF2O. The number of carbonyl (C=O) groups is 1. The largest absolute Gasteiger partial charge is 0.294 e. The van der Waals surface area contributed by atoms with Crippen LogP contribution in [0.15, 0.2) is 16.6 Å². The molecule has 0 aliphatic rings. The number of rotatable bonds is 2. The van der Waals surface area contributed by atoms with Crippen molar-refractivity contribution in [3.05, 3.63) is 33.3 Å². The summed E-state index contributed by atoms with van der Waals surface area (Å²) in [5, 5.41) is 0. The van der Waals surface area contributed by atoms with Gasteiger partial charge in [-0.25, -0.2) is 8.78 Å². The fraction of sp³-hybridized carbons (Fsp3) is 0.300. The SMILES string of the molecule is CC(=O)c1c(C)cc(Br)cc1C(F)F. The van der Waals surface area contributed by atoms with E-state index in [0.29, 0.717) is 10.0 Å². The monoisotopic (exact) mass is 262 g/mol. The molecule has 0 bridgehead atoms. The number of carbonyl (C=O) groups excluding carboxylic acids is 1. The molecule has 0 fully saturated rings. The zero-order chi connectivity index (χ0) is 10.9. The van der Waals surface area contributed by atoms with Gasteiger partial charge in [0.25, 0.3) is 6.43 Å². The standard InChI is InChI=1S/C10H9BrF2O/c1-5-3-7(11)4-8(10(12)13)9(5)6(2)14/h3-4,10H,1-2H3. The van der Waals surface area contributed by atoms with E-state index in [1.165, 1.54) is 13.0 Å². The molecule has 0 aliphatic heterocycles. The molecule has 4 heteroatoms. The highest BCUT2D eigenvalue weighted by atomic mass is 79.9. The first kappa shape index (κ1) is 11.3. The van der Waals surface area contributed by atoms with Crippen molar-refractivity contribution < 1.29 is 13.6 Å². The lowest BCUT2D eigenvalue weighted by molar-refractivity contribution is 0.0998. The Bertz CT molecular complexity index is 375. The van der Waals surface area contributed by atoms with Gasteiger partial charge in [0.15, 0.2) is 5.78 Å². The van der Waals surface area contributed by atoms with Crippen molar-refractivity contribution in [1.29, 1.82) is 0 Å². The Balaban J connectivity index is 3.44. The molecule has 0 aromatic heterocycles. The predicted octanol–water partition coefficient (Wildman–Crippen LogP) is 3.90. The fourth-order valence-corrected chi connectivity index (χ4v) is 2.01. The molecule has 1 nitrogen and oxygen atoms in total. The van der Waals surface area contributed by atoms with Gasteiger partial charge >= 0.3 is 0 Å². The molecule has 0 N–H and O–H groups in total. The molecule has 0 saturated heterocycles. The summed E-state index contributed by atoms with van der Waals surface area (Å²) in [6.45, 7) is 2.94. The first-order valence-corrected chi connectivity index (χ1v) is 4.82. The third-order valence-electron chi connectivity index (χ3n) is 1.92. The van der Waals surface area contributed by atoms with Gasteiger partial charge < -0.3 is 0 Å². The lowest BCUT2D eigenvalue weighted by atomic mass is 9.99. The smallest absolute Gasteiger partial charge is 0.264 e. The van der Waals surface area contributed by atoms with Crippen LogP contribution >= 0.6 is 15.9 Å². The number of hydrogen-bond acceptors (Lipinski definition) is 1. The van der Waals surface area contributed by atoms with Crippen molar-refractivity contribution in [3.8, 4) is 0 Å². The second kappa shape index (κ2) is 4.17. The minimum atomic E-state index is -2.62. The van der Waals surface area contributed by atoms with Crippen LogP contribution in [-0.4, -0.2) is 5.78 Å². The Morgan fingerprint density at radius 2 is 2.00 bits per heavy atom. The number of aryl methyl sites for hydroxylation is 1. The molecule has 0 aliphatic carbocycles. The third kappa shape index (κ3) is 2.18. The molecule has 0 saturated carbocycles. The van der Waals surface area contributed by atoms with Gasteiger partial charge in [-0.2, -0.15) is 0 Å². The van der Waals surface area contributed by atoms with Crippen LogP contribution in [0.3, 0.4) is 0 Å². The lowest BCUT2D eigenvalue weighted by Crippen LogP contribution is -2.03. The van der Waals surface area contributed by atoms with Crippen LogP contribution in [0, 0.1) is 6.92 Å². The number of Topliss-reactive ketones (excluding diaryl/α,β-unsaturated/α-hetero) is 1. The van der Waals surface area contributed by atoms with E-state index >= 15 is 0 Å². The van der Waals surface area contributed by atoms with Crippen LogP contribution in [0.25, 0.3) is 0 Å². The molecule has 0 amide bonds. The summed E-state index contributed by atoms with van der Waals surface area (Å²) in [6, 6.07) is 2.94. The van der Waals surface area contributed by atoms with E-state index in [4.69, 9.17) is 0 Å². The van der Waals surface area contributed by atoms with E-state index in [1.807, 2.05) is 0 Å². The number of halogens is 3. The van der Waals surface area contributed by atoms with E-state index < -0.39 is 6.43 Å². The number of hydrogen-bond donors (Lipinski definition) is 0. The Hall–Kier alpha value is -0.770. The third-order valence-corrected chi connectivity index (χ3v) is 2.38. The van der Waals surface area contributed by atoms with Gasteiger partial charge in [0.2, 0.25) is 0 Å². The Labute approximate surface area is 89.3 Å². The van der Waals surface area contributed by atoms with Crippen LogP contribution in [0.4, 0.5) is 8.78 Å². The maximum absolute atomic E-state index is 12.6. The van der Waals surface area contributed by atoms with Crippen LogP contribution in [0.1, 0.15) is 34.8 Å². The molecule has 0 spiro atoms. The molecule has 0 heterocycles. The summed E-state index contributed by atoms with van der Waals surface area (Å²) in [5.74, 6) is -0.328. The summed E-state index contributed by atoms with van der Waals surface area (Å²) >= 11 is 3.12. The van der Waals surface area contributed by atoms with E-state index in [1.54, 1.807) is 13.0 Å². The van der Waals surface area contributed by atoms with E-state index in [0.717, 1.165) is 0 Å². The minimum Gasteiger partial charge on any atom is -0.294 e. The highest BCUT2D eigenvalue weighted by Crippen LogP contribution is 2.29. The zero-order valence-corrected chi connectivity index (χ0v) is 9.36. The zero-order valence-electron chi connectivity index (χ0n) is 7.77. The van der Waals surface area contributed by atoms with Crippen molar-refractivity contribution in [2.45, 2.75) is 20.3 Å². The normalized spacial score (nSPS) is 10.7. The van der Waals surface area contributed by atoms with Crippen LogP contribution < -0.4 is 0 Å². The van der Waals surface area contributed by atoms with Gasteiger partial charge in [0, 0.05) is 15.6 Å². The topological polar surface area (TPSA) is 17.1 Å². The van der Waals surface area contributed by atoms with Crippen molar-refractivity contribution in [1.82, 2.24) is 0 Å². The summed E-state index contributed by atoms with van der Waals surface area (Å²) in [6.07, 6.45) is -2.62. The molecule has 0 unspecified atom stereocenters. The first-order valence-electron chi connectivity index (χ1n) is 4.02. The van der Waals surface area contributed by atoms with Crippen molar-refractivity contribution >= 4 is 21.7 Å². The van der Waals surface area contributed by atoms with Crippen molar-refractivity contribution in [2.24, 2.45) is 0 Å². The molecule has 76 valence electrons. The number of ketones is 1. The van der Waals surface area contributed by atoms with Gasteiger partial charge in [-0.05, 0) is 31.5 Å². The minimum absolute atomic E-state index is 0.128. The summed E-state index contributed by atoms with van der Waals surface area (Å²) in [4.78, 5) is 11.2. The fourth-order valence-electron chi connectivity index (χ4n) is 1.42. The predicted molar refractivity (Wildman–Crippen MR) is 53.8 cm³/mol. The van der Waals surface area contributed by atoms with Gasteiger partial charge in [-0.15, -0.1) is 0 Å². The van der Waals surface area contributed by atoms with Gasteiger partial charge in [0.05, 0.1) is 0 Å². The molecule has 0 radical (unpaired) electrons. The quantitative estimate of drug-likeness (QED) is 0.739. The molecule has 1 aromatic rings. The van der Waals surface area contributed by atoms with E-state index in [-0.39, 0.29) is 16.9 Å². The average molecular weight is 263 g/mol. The second-order valence-corrected chi connectivity index (χ2v) is 3.96. The highest BCUT2D eigenvalue weighted by Gasteiger charge is 2.18. The molecule has 14 heavy (non-hydrogen) atoms. The maximum atomic E-state index is 12.6. The Morgan fingerprint density at radius 3 is 2.43 bits per heavy atom. The van der Waals surface area contributed by atoms with E-state index in [2.05, 4.69) is 15.9 Å². The summed E-state index contributed by atoms with van der Waals surface area (Å²) < 4.78 is 25.7. The van der Waals surface area contributed by atoms with Crippen molar-refractivity contribution in [2.75, 3.05) is 0 Å². The first-order chi connectivity index (χ1) is 6.43. The summed E-state index contributed by atoms with van der Waals surface area (Å²) in [5.41, 5.74) is 0.495. The van der Waals surface area contributed by atoms with Gasteiger partial charge in [-0.1, -0.05) is 15.9 Å². The van der Waals surface area contributed by atoms with Gasteiger partial charge in [0.1, 0.15) is 0 Å². The number of benzene rings is 1. The Kier molecular flexibility index (Phi) is 3.37. The number of alkyl halides is 2. The molecule has 1 rings (SSSR count). The van der Waals surface area contributed by atoms with Gasteiger partial charge in [-0.3, -0.25) is 4.79 Å². The molecular weight excluding hydrogens is 254 g/mol. The maximum Gasteiger partial charge on any atom is 0.264 e.